The number of pyridine rings is 1. The van der Waals surface area contributed by atoms with E-state index in [1.807, 2.05) is 12.1 Å². The lowest BCUT2D eigenvalue weighted by Crippen LogP contribution is -2.48. The second kappa shape index (κ2) is 6.96. The lowest BCUT2D eigenvalue weighted by atomic mass is 9.48. The molecule has 32 heavy (non-hydrogen) atoms. The molecule has 2 aromatic rings. The number of ether oxygens (including phenoxy) is 1. The Morgan fingerprint density at radius 3 is 1.94 bits per heavy atom. The highest BCUT2D eigenvalue weighted by atomic mass is 19.4. The van der Waals surface area contributed by atoms with E-state index in [2.05, 4.69) is 17.1 Å². The van der Waals surface area contributed by atoms with Gasteiger partial charge in [-0.25, -0.2) is 4.98 Å². The molecule has 1 aromatic carbocycles. The van der Waals surface area contributed by atoms with Gasteiger partial charge in [-0.1, -0.05) is 12.1 Å². The molecule has 0 amide bonds. The number of hydrogen-bond donors (Lipinski definition) is 1. The summed E-state index contributed by atoms with van der Waals surface area (Å²) in [5.41, 5.74) is -1.35. The molecule has 0 aliphatic heterocycles. The summed E-state index contributed by atoms with van der Waals surface area (Å²) in [6.45, 7) is 0. The van der Waals surface area contributed by atoms with Crippen molar-refractivity contribution in [1.82, 2.24) is 4.98 Å². The van der Waals surface area contributed by atoms with Gasteiger partial charge in [-0.15, -0.1) is 0 Å². The highest BCUT2D eigenvalue weighted by molar-refractivity contribution is 5.37. The Morgan fingerprint density at radius 2 is 1.47 bits per heavy atom. The summed E-state index contributed by atoms with van der Waals surface area (Å²) >= 11 is 0. The Balaban J connectivity index is 1.18. The van der Waals surface area contributed by atoms with Crippen LogP contribution in [0, 0.1) is 23.7 Å². The summed E-state index contributed by atoms with van der Waals surface area (Å²) in [6.07, 6.45) is 5.21. The van der Waals surface area contributed by atoms with Crippen LogP contribution in [0.2, 0.25) is 0 Å². The van der Waals surface area contributed by atoms with Crippen LogP contribution in [0.4, 0.5) is 13.2 Å². The molecule has 1 atom stereocenters. The quantitative estimate of drug-likeness (QED) is 0.573. The van der Waals surface area contributed by atoms with Crippen LogP contribution in [0.15, 0.2) is 42.6 Å². The minimum Gasteiger partial charge on any atom is -0.439 e. The first-order valence-electron chi connectivity index (χ1n) is 11.8. The molecule has 3 nitrogen and oxygen atoms in total. The molecule has 4 bridgehead atoms. The molecule has 1 heterocycles. The summed E-state index contributed by atoms with van der Waals surface area (Å²) in [4.78, 5) is 4.06. The van der Waals surface area contributed by atoms with E-state index in [1.54, 1.807) is 0 Å². The van der Waals surface area contributed by atoms with Crippen molar-refractivity contribution in [2.45, 2.75) is 68.6 Å². The van der Waals surface area contributed by atoms with Crippen molar-refractivity contribution in [3.05, 3.63) is 53.7 Å². The van der Waals surface area contributed by atoms with E-state index in [9.17, 15) is 18.3 Å². The molecule has 6 heteroatoms. The number of rotatable bonds is 5. The third-order valence-electron chi connectivity index (χ3n) is 8.50. The van der Waals surface area contributed by atoms with Gasteiger partial charge in [0.2, 0.25) is 5.88 Å². The summed E-state index contributed by atoms with van der Waals surface area (Å²) in [5, 5.41) is 10.4. The third-order valence-corrected chi connectivity index (χ3v) is 8.50. The van der Waals surface area contributed by atoms with E-state index in [-0.39, 0.29) is 11.4 Å². The Bertz CT molecular complexity index is 962. The summed E-state index contributed by atoms with van der Waals surface area (Å²) < 4.78 is 46.4. The summed E-state index contributed by atoms with van der Waals surface area (Å²) in [5.74, 6) is 2.68. The molecule has 5 fully saturated rings. The van der Waals surface area contributed by atoms with Gasteiger partial charge in [-0.3, -0.25) is 0 Å². The van der Waals surface area contributed by atoms with Crippen LogP contribution in [0.3, 0.4) is 0 Å². The fraction of sp³-hybridized carbons (Fsp3) is 0.577. The molecule has 5 saturated carbocycles. The average molecular weight is 444 g/mol. The highest BCUT2D eigenvalue weighted by Gasteiger charge is 2.63. The summed E-state index contributed by atoms with van der Waals surface area (Å²) in [6, 6.07) is 10.9. The van der Waals surface area contributed by atoms with Gasteiger partial charge in [-0.05, 0) is 98.3 Å². The zero-order valence-corrected chi connectivity index (χ0v) is 17.9. The maximum atomic E-state index is 13.5. The van der Waals surface area contributed by atoms with Gasteiger partial charge < -0.3 is 9.84 Å². The number of alkyl halides is 3. The van der Waals surface area contributed by atoms with Crippen LogP contribution in [-0.2, 0) is 11.0 Å². The molecule has 0 spiro atoms. The van der Waals surface area contributed by atoms with E-state index in [0.29, 0.717) is 24.0 Å². The smallest absolute Gasteiger partial charge is 0.421 e. The zero-order valence-electron chi connectivity index (χ0n) is 17.9. The number of benzene rings is 1. The van der Waals surface area contributed by atoms with E-state index < -0.39 is 17.7 Å². The van der Waals surface area contributed by atoms with E-state index in [1.165, 1.54) is 56.2 Å². The first-order valence-corrected chi connectivity index (χ1v) is 11.8. The van der Waals surface area contributed by atoms with Crippen molar-refractivity contribution in [3.63, 3.8) is 0 Å². The first-order chi connectivity index (χ1) is 15.2. The van der Waals surface area contributed by atoms with Gasteiger partial charge >= 0.3 is 6.18 Å². The number of aliphatic hydroxyl groups is 1. The van der Waals surface area contributed by atoms with Gasteiger partial charge in [0, 0.05) is 23.7 Å². The lowest BCUT2D eigenvalue weighted by Gasteiger charge is -2.57. The Morgan fingerprint density at radius 1 is 0.875 bits per heavy atom. The van der Waals surface area contributed by atoms with Crippen molar-refractivity contribution in [2.75, 3.05) is 0 Å². The van der Waals surface area contributed by atoms with Crippen molar-refractivity contribution in [1.29, 1.82) is 0 Å². The van der Waals surface area contributed by atoms with E-state index in [4.69, 9.17) is 4.74 Å². The molecule has 1 aromatic heterocycles. The van der Waals surface area contributed by atoms with E-state index in [0.717, 1.165) is 24.0 Å². The molecule has 0 saturated heterocycles. The lowest BCUT2D eigenvalue weighted by molar-refractivity contribution is -0.275. The molecule has 7 rings (SSSR count). The van der Waals surface area contributed by atoms with Crippen molar-refractivity contribution in [2.24, 2.45) is 23.7 Å². The predicted molar refractivity (Wildman–Crippen MR) is 113 cm³/mol. The van der Waals surface area contributed by atoms with Crippen molar-refractivity contribution < 1.29 is 23.0 Å². The molecule has 5 aliphatic carbocycles. The van der Waals surface area contributed by atoms with E-state index >= 15 is 0 Å². The topological polar surface area (TPSA) is 42.4 Å². The standard InChI is InChI=1S/C26H28F3NO2/c27-26(28,29)25(31,20-1-2-20)21-5-8-23(30-15-21)32-22-6-3-19(4-7-22)24-12-16-9-17(13-24)11-18(10-16)14-24/h3-8,15-18,20,31H,1-2,9-14H2. The Hall–Kier alpha value is -2.08. The normalized spacial score (nSPS) is 33.2. The van der Waals surface area contributed by atoms with Crippen LogP contribution in [-0.4, -0.2) is 16.3 Å². The van der Waals surface area contributed by atoms with Gasteiger partial charge in [-0.2, -0.15) is 13.2 Å². The van der Waals surface area contributed by atoms with Gasteiger partial charge in [0.05, 0.1) is 0 Å². The maximum absolute atomic E-state index is 13.5. The van der Waals surface area contributed by atoms with Crippen molar-refractivity contribution in [3.8, 4) is 11.6 Å². The van der Waals surface area contributed by atoms with Crippen LogP contribution in [0.25, 0.3) is 0 Å². The molecule has 1 N–H and O–H groups in total. The van der Waals surface area contributed by atoms with Crippen LogP contribution in [0.1, 0.15) is 62.5 Å². The third kappa shape index (κ3) is 3.25. The average Bonchev–Trinajstić information content (AvgIpc) is 3.58. The Labute approximate surface area is 186 Å². The zero-order chi connectivity index (χ0) is 22.1. The molecule has 1 unspecified atom stereocenters. The van der Waals surface area contributed by atoms with Crippen LogP contribution < -0.4 is 4.74 Å². The number of nitrogens with zero attached hydrogens (tertiary/aromatic N) is 1. The van der Waals surface area contributed by atoms with Crippen LogP contribution in [0.5, 0.6) is 11.6 Å². The fourth-order valence-corrected chi connectivity index (χ4v) is 7.26. The van der Waals surface area contributed by atoms with Gasteiger partial charge in [0.1, 0.15) is 5.75 Å². The first kappa shape index (κ1) is 20.5. The van der Waals surface area contributed by atoms with Gasteiger partial charge in [0.25, 0.3) is 0 Å². The monoisotopic (exact) mass is 443 g/mol. The Kier molecular flexibility index (Phi) is 4.46. The highest BCUT2D eigenvalue weighted by Crippen LogP contribution is 2.60. The molecular formula is C26H28F3NO2. The minimum absolute atomic E-state index is 0.219. The maximum Gasteiger partial charge on any atom is 0.421 e. The number of aromatic nitrogens is 1. The number of hydrogen-bond acceptors (Lipinski definition) is 3. The van der Waals surface area contributed by atoms with Crippen molar-refractivity contribution >= 4 is 0 Å². The SMILES string of the molecule is OC(c1ccc(Oc2ccc(C34CC5CC(CC(C5)C3)C4)cc2)nc1)(C1CC1)C(F)(F)F. The largest absolute Gasteiger partial charge is 0.439 e. The minimum atomic E-state index is -4.73. The fourth-order valence-electron chi connectivity index (χ4n) is 7.26. The number of halogens is 3. The summed E-state index contributed by atoms with van der Waals surface area (Å²) in [7, 11) is 0. The van der Waals surface area contributed by atoms with Gasteiger partial charge in [0.15, 0.2) is 5.60 Å². The molecular weight excluding hydrogens is 415 g/mol. The molecule has 0 radical (unpaired) electrons. The second-order valence-electron chi connectivity index (χ2n) is 10.7. The molecule has 5 aliphatic rings. The molecule has 170 valence electrons. The predicted octanol–water partition coefficient (Wildman–Crippen LogP) is 6.50. The van der Waals surface area contributed by atoms with Crippen LogP contribution >= 0.6 is 0 Å². The second-order valence-corrected chi connectivity index (χ2v) is 10.7.